The first-order chi connectivity index (χ1) is 6.75. The lowest BCUT2D eigenvalue weighted by Gasteiger charge is -2.14. The van der Waals surface area contributed by atoms with Crippen LogP contribution in [0.4, 0.5) is 0 Å². The van der Waals surface area contributed by atoms with Crippen molar-refractivity contribution in [1.82, 2.24) is 15.5 Å². The van der Waals surface area contributed by atoms with Gasteiger partial charge in [0, 0.05) is 13.0 Å². The highest BCUT2D eigenvalue weighted by Crippen LogP contribution is 2.18. The molecule has 2 atom stereocenters. The minimum absolute atomic E-state index is 0.189. The van der Waals surface area contributed by atoms with E-state index in [0.717, 1.165) is 19.3 Å². The molecule has 0 radical (unpaired) electrons. The Morgan fingerprint density at radius 3 is 3.00 bits per heavy atom. The van der Waals surface area contributed by atoms with Crippen LogP contribution in [0.5, 0.6) is 0 Å². The van der Waals surface area contributed by atoms with Gasteiger partial charge in [0.1, 0.15) is 0 Å². The maximum absolute atomic E-state index is 9.55. The predicted octanol–water partition coefficient (Wildman–Crippen LogP) is 0.381. The molecule has 0 spiro atoms. The molecule has 78 valence electrons. The first-order valence-electron chi connectivity index (χ1n) is 4.96. The van der Waals surface area contributed by atoms with Gasteiger partial charge >= 0.3 is 0 Å². The van der Waals surface area contributed by atoms with Crippen LogP contribution >= 0.6 is 0 Å². The van der Waals surface area contributed by atoms with Crippen LogP contribution in [0.1, 0.15) is 31.0 Å². The standard InChI is InChI=1S/C9H15N3O2/c1-6-11-9(12-14-6)5-10-7-3-2-4-8(7)13/h7-8,10,13H,2-5H2,1H3. The predicted molar refractivity (Wildman–Crippen MR) is 49.5 cm³/mol. The van der Waals surface area contributed by atoms with Gasteiger partial charge in [0.05, 0.1) is 12.6 Å². The molecule has 1 saturated carbocycles. The molecule has 14 heavy (non-hydrogen) atoms. The smallest absolute Gasteiger partial charge is 0.223 e. The minimum atomic E-state index is -0.219. The Balaban J connectivity index is 1.82. The summed E-state index contributed by atoms with van der Waals surface area (Å²) in [6, 6.07) is 0.189. The van der Waals surface area contributed by atoms with Gasteiger partial charge in [-0.3, -0.25) is 0 Å². The van der Waals surface area contributed by atoms with E-state index in [9.17, 15) is 5.11 Å². The lowest BCUT2D eigenvalue weighted by Crippen LogP contribution is -2.35. The summed E-state index contributed by atoms with van der Waals surface area (Å²) >= 11 is 0. The number of nitrogens with one attached hydrogen (secondary N) is 1. The van der Waals surface area contributed by atoms with E-state index in [0.29, 0.717) is 18.3 Å². The molecule has 2 rings (SSSR count). The highest BCUT2D eigenvalue weighted by atomic mass is 16.5. The lowest BCUT2D eigenvalue weighted by atomic mass is 10.2. The Hall–Kier alpha value is -0.940. The molecule has 1 fully saturated rings. The van der Waals surface area contributed by atoms with Gasteiger partial charge in [-0.25, -0.2) is 0 Å². The molecular formula is C9H15N3O2. The molecule has 5 heteroatoms. The summed E-state index contributed by atoms with van der Waals surface area (Å²) < 4.78 is 4.84. The van der Waals surface area contributed by atoms with E-state index in [1.807, 2.05) is 0 Å². The maximum Gasteiger partial charge on any atom is 0.223 e. The van der Waals surface area contributed by atoms with Crippen molar-refractivity contribution in [2.75, 3.05) is 0 Å². The fourth-order valence-corrected chi connectivity index (χ4v) is 1.81. The molecule has 0 saturated heterocycles. The van der Waals surface area contributed by atoms with E-state index in [2.05, 4.69) is 15.5 Å². The van der Waals surface area contributed by atoms with Gasteiger partial charge in [-0.1, -0.05) is 5.16 Å². The van der Waals surface area contributed by atoms with Crippen molar-refractivity contribution in [2.24, 2.45) is 0 Å². The first kappa shape index (κ1) is 9.61. The summed E-state index contributed by atoms with van der Waals surface area (Å²) in [5.41, 5.74) is 0. The first-order valence-corrected chi connectivity index (χ1v) is 4.96. The van der Waals surface area contributed by atoms with Gasteiger partial charge in [0.2, 0.25) is 5.89 Å². The van der Waals surface area contributed by atoms with E-state index in [-0.39, 0.29) is 12.1 Å². The Bertz CT molecular complexity index is 300. The van der Waals surface area contributed by atoms with Crippen molar-refractivity contribution in [3.63, 3.8) is 0 Å². The second kappa shape index (κ2) is 4.06. The number of aryl methyl sites for hydroxylation is 1. The Kier molecular flexibility index (Phi) is 2.79. The molecule has 2 unspecified atom stereocenters. The molecule has 0 bridgehead atoms. The van der Waals surface area contributed by atoms with Crippen molar-refractivity contribution < 1.29 is 9.63 Å². The third kappa shape index (κ3) is 2.10. The summed E-state index contributed by atoms with van der Waals surface area (Å²) in [5.74, 6) is 1.23. The van der Waals surface area contributed by atoms with Crippen LogP contribution in [-0.4, -0.2) is 27.4 Å². The summed E-state index contributed by atoms with van der Waals surface area (Å²) in [5, 5.41) is 16.5. The monoisotopic (exact) mass is 197 g/mol. The number of rotatable bonds is 3. The van der Waals surface area contributed by atoms with E-state index >= 15 is 0 Å². The Morgan fingerprint density at radius 1 is 1.57 bits per heavy atom. The molecule has 1 aliphatic rings. The number of aromatic nitrogens is 2. The Morgan fingerprint density at radius 2 is 2.43 bits per heavy atom. The molecule has 1 aromatic rings. The second-order valence-corrected chi connectivity index (χ2v) is 3.72. The normalized spacial score (nSPS) is 27.0. The van der Waals surface area contributed by atoms with Crippen molar-refractivity contribution in [3.8, 4) is 0 Å². The topological polar surface area (TPSA) is 71.2 Å². The van der Waals surface area contributed by atoms with Gasteiger partial charge in [-0.15, -0.1) is 0 Å². The van der Waals surface area contributed by atoms with Gasteiger partial charge in [0.15, 0.2) is 5.82 Å². The summed E-state index contributed by atoms with van der Waals surface area (Å²) in [4.78, 5) is 4.07. The number of nitrogens with zero attached hydrogens (tertiary/aromatic N) is 2. The third-order valence-electron chi connectivity index (χ3n) is 2.57. The zero-order valence-corrected chi connectivity index (χ0v) is 8.23. The average molecular weight is 197 g/mol. The highest BCUT2D eigenvalue weighted by Gasteiger charge is 2.24. The number of aliphatic hydroxyl groups is 1. The molecular weight excluding hydrogens is 182 g/mol. The Labute approximate surface area is 82.5 Å². The van der Waals surface area contributed by atoms with Gasteiger partial charge in [-0.05, 0) is 19.3 Å². The van der Waals surface area contributed by atoms with Gasteiger partial charge in [-0.2, -0.15) is 4.98 Å². The van der Waals surface area contributed by atoms with Crippen LogP contribution in [0.3, 0.4) is 0 Å². The molecule has 5 nitrogen and oxygen atoms in total. The number of hydrogen-bond acceptors (Lipinski definition) is 5. The maximum atomic E-state index is 9.55. The van der Waals surface area contributed by atoms with E-state index in [4.69, 9.17) is 4.52 Å². The largest absolute Gasteiger partial charge is 0.392 e. The summed E-state index contributed by atoms with van der Waals surface area (Å²) in [6.07, 6.45) is 2.79. The quantitative estimate of drug-likeness (QED) is 0.733. The van der Waals surface area contributed by atoms with Crippen molar-refractivity contribution in [3.05, 3.63) is 11.7 Å². The fourth-order valence-electron chi connectivity index (χ4n) is 1.81. The number of aliphatic hydroxyl groups excluding tert-OH is 1. The van der Waals surface area contributed by atoms with Crippen LogP contribution in [-0.2, 0) is 6.54 Å². The summed E-state index contributed by atoms with van der Waals surface area (Å²) in [6.45, 7) is 2.33. The molecule has 0 aromatic carbocycles. The van der Waals surface area contributed by atoms with Crippen LogP contribution < -0.4 is 5.32 Å². The molecule has 1 aromatic heterocycles. The minimum Gasteiger partial charge on any atom is -0.392 e. The second-order valence-electron chi connectivity index (χ2n) is 3.72. The van der Waals surface area contributed by atoms with Gasteiger partial charge in [0.25, 0.3) is 0 Å². The van der Waals surface area contributed by atoms with Crippen molar-refractivity contribution in [2.45, 2.75) is 44.9 Å². The van der Waals surface area contributed by atoms with Gasteiger partial charge < -0.3 is 14.9 Å². The summed E-state index contributed by atoms with van der Waals surface area (Å²) in [7, 11) is 0. The van der Waals surface area contributed by atoms with E-state index in [1.165, 1.54) is 0 Å². The van der Waals surface area contributed by atoms with E-state index in [1.54, 1.807) is 6.92 Å². The SMILES string of the molecule is Cc1nc(CNC2CCCC2O)no1. The average Bonchev–Trinajstić information content (AvgIpc) is 2.72. The van der Waals surface area contributed by atoms with E-state index < -0.39 is 0 Å². The molecule has 2 N–H and O–H groups in total. The lowest BCUT2D eigenvalue weighted by molar-refractivity contribution is 0.148. The number of hydrogen-bond donors (Lipinski definition) is 2. The fraction of sp³-hybridized carbons (Fsp3) is 0.778. The van der Waals surface area contributed by atoms with Crippen LogP contribution in [0.15, 0.2) is 4.52 Å². The highest BCUT2D eigenvalue weighted by molar-refractivity contribution is 4.87. The molecule has 0 aliphatic heterocycles. The zero-order valence-electron chi connectivity index (χ0n) is 8.23. The zero-order chi connectivity index (χ0) is 9.97. The van der Waals surface area contributed by atoms with Crippen molar-refractivity contribution >= 4 is 0 Å². The molecule has 1 heterocycles. The third-order valence-corrected chi connectivity index (χ3v) is 2.57. The molecule has 0 amide bonds. The van der Waals surface area contributed by atoms with Crippen molar-refractivity contribution in [1.29, 1.82) is 0 Å². The van der Waals surface area contributed by atoms with Crippen LogP contribution in [0, 0.1) is 6.92 Å². The van der Waals surface area contributed by atoms with Crippen LogP contribution in [0.25, 0.3) is 0 Å². The van der Waals surface area contributed by atoms with Crippen LogP contribution in [0.2, 0.25) is 0 Å². The molecule has 1 aliphatic carbocycles.